The molecule has 5 rings (SSSR count). The van der Waals surface area contributed by atoms with Crippen LogP contribution >= 0.6 is 11.3 Å². The van der Waals surface area contributed by atoms with E-state index in [9.17, 15) is 24.3 Å². The third-order valence-electron chi connectivity index (χ3n) is 8.08. The van der Waals surface area contributed by atoms with Gasteiger partial charge in [-0.2, -0.15) is 5.21 Å². The Labute approximate surface area is 292 Å². The van der Waals surface area contributed by atoms with E-state index >= 15 is 0 Å². The number of carboxylic acids is 1. The van der Waals surface area contributed by atoms with E-state index in [4.69, 9.17) is 9.72 Å². The SMILES string of the molecule is CC(C)(C)c1csc(NC(=O)c2ccn3c(=O)c(/C=C/c4nn[nH]n4)c(N4CCC[C@@H](OC(=O)NCCC[N+](C)(C)CC(=O)[O-])C4)nc3c2)n1. The average Bonchev–Trinajstić information content (AvgIpc) is 3.75. The average molecular weight is 708 g/mol. The predicted molar refractivity (Wildman–Crippen MR) is 185 cm³/mol. The molecule has 2 amide bonds. The van der Waals surface area contributed by atoms with Crippen LogP contribution in [0.15, 0.2) is 28.5 Å². The number of hydrogen-bond donors (Lipinski definition) is 3. The van der Waals surface area contributed by atoms with Crippen LogP contribution in [0.2, 0.25) is 0 Å². The first-order chi connectivity index (χ1) is 23.7. The summed E-state index contributed by atoms with van der Waals surface area (Å²) in [7, 11) is 3.56. The number of likely N-dealkylation sites (N-methyl/N-ethyl adjacent to an activating group) is 1. The van der Waals surface area contributed by atoms with Gasteiger partial charge in [-0.05, 0) is 42.3 Å². The molecule has 1 aliphatic rings. The summed E-state index contributed by atoms with van der Waals surface area (Å²) in [5.74, 6) is -0.905. The number of aromatic amines is 1. The van der Waals surface area contributed by atoms with Crippen LogP contribution in [0.4, 0.5) is 15.7 Å². The Morgan fingerprint density at radius 3 is 2.72 bits per heavy atom. The topological polar surface area (TPSA) is 213 Å². The fourth-order valence-electron chi connectivity index (χ4n) is 5.46. The zero-order chi connectivity index (χ0) is 36.1. The first-order valence-electron chi connectivity index (χ1n) is 16.1. The monoisotopic (exact) mass is 707 g/mol. The number of H-pyrrole nitrogens is 1. The molecule has 4 aromatic rings. The first-order valence-corrected chi connectivity index (χ1v) is 17.0. The van der Waals surface area contributed by atoms with Crippen LogP contribution in [0.3, 0.4) is 0 Å². The summed E-state index contributed by atoms with van der Waals surface area (Å²) in [6, 6.07) is 3.09. The van der Waals surface area contributed by atoms with Gasteiger partial charge >= 0.3 is 6.09 Å². The van der Waals surface area contributed by atoms with Crippen molar-refractivity contribution in [3.8, 4) is 0 Å². The molecule has 0 unspecified atom stereocenters. The van der Waals surface area contributed by atoms with E-state index in [-0.39, 0.29) is 45.6 Å². The molecule has 4 aromatic heterocycles. The number of quaternary nitrogens is 1. The van der Waals surface area contributed by atoms with Gasteiger partial charge in [0.2, 0.25) is 0 Å². The number of carbonyl (C=O) groups is 3. The summed E-state index contributed by atoms with van der Waals surface area (Å²) in [5.41, 5.74) is 1.12. The number of alkyl carbamates (subject to hydrolysis) is 1. The molecule has 18 heteroatoms. The van der Waals surface area contributed by atoms with Crippen LogP contribution in [0.5, 0.6) is 0 Å². The molecule has 0 aromatic carbocycles. The molecular weight excluding hydrogens is 666 g/mol. The summed E-state index contributed by atoms with van der Waals surface area (Å²) < 4.78 is 7.31. The van der Waals surface area contributed by atoms with Gasteiger partial charge in [0, 0.05) is 42.1 Å². The number of piperidine rings is 1. The lowest BCUT2D eigenvalue weighted by Gasteiger charge is -2.34. The first kappa shape index (κ1) is 36.1. The lowest BCUT2D eigenvalue weighted by Crippen LogP contribution is -2.49. The third kappa shape index (κ3) is 9.26. The smallest absolute Gasteiger partial charge is 0.407 e. The fourth-order valence-corrected chi connectivity index (χ4v) is 6.39. The Morgan fingerprint density at radius 2 is 2.02 bits per heavy atom. The van der Waals surface area contributed by atoms with Gasteiger partial charge < -0.3 is 29.3 Å². The van der Waals surface area contributed by atoms with Crippen molar-refractivity contribution in [2.75, 3.05) is 57.0 Å². The van der Waals surface area contributed by atoms with Gasteiger partial charge in [-0.15, -0.1) is 21.5 Å². The summed E-state index contributed by atoms with van der Waals surface area (Å²) in [6.45, 7) is 7.67. The summed E-state index contributed by atoms with van der Waals surface area (Å²) in [6.07, 6.45) is 5.35. The summed E-state index contributed by atoms with van der Waals surface area (Å²) in [4.78, 5) is 62.0. The van der Waals surface area contributed by atoms with Gasteiger partial charge in [-0.1, -0.05) is 20.8 Å². The second kappa shape index (κ2) is 15.1. The Hall–Kier alpha value is -5.23. The maximum absolute atomic E-state index is 13.9. The zero-order valence-corrected chi connectivity index (χ0v) is 29.5. The number of pyridine rings is 1. The molecule has 17 nitrogen and oxygen atoms in total. The highest BCUT2D eigenvalue weighted by molar-refractivity contribution is 7.14. The number of hydrogen-bond acceptors (Lipinski definition) is 13. The van der Waals surface area contributed by atoms with Crippen LogP contribution in [0.1, 0.15) is 67.5 Å². The van der Waals surface area contributed by atoms with E-state index in [2.05, 4.69) is 36.2 Å². The van der Waals surface area contributed by atoms with E-state index in [0.29, 0.717) is 55.4 Å². The predicted octanol–water partition coefficient (Wildman–Crippen LogP) is 1.30. The quantitative estimate of drug-likeness (QED) is 0.140. The van der Waals surface area contributed by atoms with Crippen molar-refractivity contribution < 1.29 is 28.7 Å². The number of tetrazole rings is 1. The van der Waals surface area contributed by atoms with Gasteiger partial charge in [0.25, 0.3) is 11.5 Å². The fraction of sp³-hybridized carbons (Fsp3) is 0.469. The number of thiazole rings is 1. The third-order valence-corrected chi connectivity index (χ3v) is 8.84. The van der Waals surface area contributed by atoms with Crippen molar-refractivity contribution >= 4 is 58.1 Å². The highest BCUT2D eigenvalue weighted by atomic mass is 32.1. The molecule has 0 aliphatic carbocycles. The molecule has 1 fully saturated rings. The Kier molecular flexibility index (Phi) is 10.9. The van der Waals surface area contributed by atoms with Crippen LogP contribution in [-0.2, 0) is 14.9 Å². The van der Waals surface area contributed by atoms with Crippen molar-refractivity contribution in [1.82, 2.24) is 40.3 Å². The Balaban J connectivity index is 1.35. The van der Waals surface area contributed by atoms with E-state index in [1.807, 2.05) is 31.1 Å². The van der Waals surface area contributed by atoms with Gasteiger partial charge in [-0.25, -0.2) is 14.8 Å². The molecule has 266 valence electrons. The molecule has 0 spiro atoms. The molecule has 5 heterocycles. The van der Waals surface area contributed by atoms with Gasteiger partial charge in [-0.3, -0.25) is 19.3 Å². The second-order valence-electron chi connectivity index (χ2n) is 13.7. The zero-order valence-electron chi connectivity index (χ0n) is 28.6. The van der Waals surface area contributed by atoms with E-state index in [1.54, 1.807) is 32.3 Å². The number of aromatic nitrogens is 7. The Morgan fingerprint density at radius 1 is 1.22 bits per heavy atom. The van der Waals surface area contributed by atoms with Crippen LogP contribution < -0.4 is 26.2 Å². The number of fused-ring (bicyclic) bond motifs is 1. The number of anilines is 2. The molecule has 0 bridgehead atoms. The number of amides is 2. The van der Waals surface area contributed by atoms with Crippen molar-refractivity contribution in [3.05, 3.63) is 56.7 Å². The lowest BCUT2D eigenvalue weighted by atomic mass is 9.93. The normalized spacial score (nSPS) is 15.4. The molecule has 1 saturated heterocycles. The standard InChI is InChI=1S/C32H41N11O6S/c1-32(2,3)23-19-50-30(34-23)36-28(46)20-11-14-42-25(16-20)35-27(22(29(42)47)9-10-24-37-39-40-38-24)41-13-6-8-21(17-41)49-31(48)33-12-7-15-43(4,5)18-26(44)45/h9-11,14,16,19,21H,6-8,12-13,15,17-18H2,1-5H3,(H3-,33,34,36,37,38,39,40,44,45,46,48)/t21-/m1/s1. The summed E-state index contributed by atoms with van der Waals surface area (Å²) >= 11 is 1.34. The van der Waals surface area contributed by atoms with E-state index in [1.165, 1.54) is 28.0 Å². The lowest BCUT2D eigenvalue weighted by molar-refractivity contribution is -0.884. The number of ether oxygens (including phenoxy) is 1. The largest absolute Gasteiger partial charge is 0.544 e. The second-order valence-corrected chi connectivity index (χ2v) is 14.6. The van der Waals surface area contributed by atoms with Gasteiger partial charge in [0.05, 0.1) is 44.4 Å². The minimum atomic E-state index is -1.13. The minimum Gasteiger partial charge on any atom is -0.544 e. The maximum Gasteiger partial charge on any atom is 0.407 e. The number of nitrogens with zero attached hydrogens (tertiary/aromatic N) is 8. The van der Waals surface area contributed by atoms with Crippen molar-refractivity contribution in [3.63, 3.8) is 0 Å². The number of rotatable bonds is 12. The van der Waals surface area contributed by atoms with Crippen molar-refractivity contribution in [2.24, 2.45) is 0 Å². The highest BCUT2D eigenvalue weighted by Gasteiger charge is 2.27. The van der Waals surface area contributed by atoms with Crippen molar-refractivity contribution in [1.29, 1.82) is 0 Å². The number of aliphatic carboxylic acids is 1. The molecule has 1 aliphatic heterocycles. The van der Waals surface area contributed by atoms with Gasteiger partial charge in [0.15, 0.2) is 11.0 Å². The minimum absolute atomic E-state index is 0.124. The molecular formula is C32H41N11O6S. The summed E-state index contributed by atoms with van der Waals surface area (Å²) in [5, 5.41) is 32.7. The van der Waals surface area contributed by atoms with Crippen LogP contribution in [0.25, 0.3) is 17.8 Å². The number of nitrogens with one attached hydrogen (secondary N) is 3. The maximum atomic E-state index is 13.9. The van der Waals surface area contributed by atoms with Crippen LogP contribution in [-0.4, -0.2) is 110 Å². The molecule has 50 heavy (non-hydrogen) atoms. The van der Waals surface area contributed by atoms with Crippen LogP contribution in [0, 0.1) is 0 Å². The highest BCUT2D eigenvalue weighted by Crippen LogP contribution is 2.27. The van der Waals surface area contributed by atoms with E-state index in [0.717, 1.165) is 5.69 Å². The number of carbonyl (C=O) groups excluding carboxylic acids is 3. The van der Waals surface area contributed by atoms with E-state index < -0.39 is 24.1 Å². The number of carboxylic acid groups (broad SMARTS) is 1. The van der Waals surface area contributed by atoms with Crippen molar-refractivity contribution in [2.45, 2.75) is 51.6 Å². The molecule has 1 atom stereocenters. The molecule has 0 radical (unpaired) electrons. The molecule has 3 N–H and O–H groups in total. The molecule has 0 saturated carbocycles. The Bertz CT molecular complexity index is 1930. The van der Waals surface area contributed by atoms with Gasteiger partial charge in [0.1, 0.15) is 24.1 Å².